The van der Waals surface area contributed by atoms with Gasteiger partial charge in [-0.25, -0.2) is 9.97 Å². The Bertz CT molecular complexity index is 3170. The zero-order valence-electron chi connectivity index (χ0n) is 34.7. The van der Waals surface area contributed by atoms with E-state index in [-0.39, 0.29) is 5.41 Å². The summed E-state index contributed by atoms with van der Waals surface area (Å²) >= 11 is 0. The summed E-state index contributed by atoms with van der Waals surface area (Å²) in [6.45, 7) is 0. The van der Waals surface area contributed by atoms with Gasteiger partial charge in [-0.05, 0) is 146 Å². The SMILES string of the molecule is c1ccc(-c2nc(-c3ccccc3-c3ccccc3)cc(-c3ccccc3-c3cccc(-c4cccc5c4-c4cc6ccccc6cc4C54C5CC6CC(C5)CC4C6)c3)n2)cc1. The van der Waals surface area contributed by atoms with Gasteiger partial charge in [0.25, 0.3) is 0 Å². The van der Waals surface area contributed by atoms with Gasteiger partial charge in [0.05, 0.1) is 11.4 Å². The lowest BCUT2D eigenvalue weighted by atomic mass is 9.43. The third-order valence-corrected chi connectivity index (χ3v) is 15.3. The van der Waals surface area contributed by atoms with E-state index in [1.807, 2.05) is 6.07 Å². The molecule has 5 aliphatic carbocycles. The van der Waals surface area contributed by atoms with Gasteiger partial charge in [-0.1, -0.05) is 170 Å². The van der Waals surface area contributed by atoms with Gasteiger partial charge in [-0.2, -0.15) is 0 Å². The largest absolute Gasteiger partial charge is 0.228 e. The summed E-state index contributed by atoms with van der Waals surface area (Å²) in [5, 5.41) is 2.71. The number of hydrogen-bond donors (Lipinski definition) is 0. The molecule has 0 aliphatic heterocycles. The van der Waals surface area contributed by atoms with Crippen molar-refractivity contribution < 1.29 is 0 Å². The molecule has 1 aromatic heterocycles. The van der Waals surface area contributed by atoms with Crippen LogP contribution in [0.25, 0.3) is 89.2 Å². The van der Waals surface area contributed by atoms with E-state index in [1.54, 1.807) is 11.1 Å². The van der Waals surface area contributed by atoms with E-state index in [2.05, 4.69) is 188 Å². The fraction of sp³-hybridized carbons (Fsp3) is 0.167. The van der Waals surface area contributed by atoms with Crippen molar-refractivity contribution in [3.8, 4) is 78.4 Å². The van der Waals surface area contributed by atoms with Crippen LogP contribution in [0.3, 0.4) is 0 Å². The average molecular weight is 795 g/mol. The summed E-state index contributed by atoms with van der Waals surface area (Å²) in [5.74, 6) is 3.96. The Morgan fingerprint density at radius 1 is 0.339 bits per heavy atom. The summed E-state index contributed by atoms with van der Waals surface area (Å²) in [5.41, 5.74) is 18.5. The molecule has 2 nitrogen and oxygen atoms in total. The molecule has 8 aromatic carbocycles. The summed E-state index contributed by atoms with van der Waals surface area (Å²) in [6, 6.07) is 71.4. The average Bonchev–Trinajstić information content (AvgIpc) is 3.62. The van der Waals surface area contributed by atoms with Crippen molar-refractivity contribution in [1.29, 1.82) is 0 Å². The molecule has 14 rings (SSSR count). The van der Waals surface area contributed by atoms with Crippen LogP contribution in [-0.4, -0.2) is 9.97 Å². The Kier molecular flexibility index (Phi) is 8.13. The molecule has 0 N–H and O–H groups in total. The molecule has 4 bridgehead atoms. The van der Waals surface area contributed by atoms with Crippen molar-refractivity contribution in [2.24, 2.45) is 23.7 Å². The molecule has 4 fully saturated rings. The van der Waals surface area contributed by atoms with Crippen LogP contribution in [0.2, 0.25) is 0 Å². The number of hydrogen-bond acceptors (Lipinski definition) is 2. The number of rotatable bonds is 6. The Hall–Kier alpha value is -6.90. The molecule has 2 heteroatoms. The second kappa shape index (κ2) is 14.1. The first kappa shape index (κ1) is 35.8. The van der Waals surface area contributed by atoms with E-state index in [1.165, 1.54) is 76.3 Å². The lowest BCUT2D eigenvalue weighted by Gasteiger charge is -2.61. The van der Waals surface area contributed by atoms with Gasteiger partial charge in [0, 0.05) is 22.1 Å². The van der Waals surface area contributed by atoms with E-state index in [9.17, 15) is 0 Å². The summed E-state index contributed by atoms with van der Waals surface area (Å²) < 4.78 is 0. The molecule has 0 radical (unpaired) electrons. The molecule has 0 unspecified atom stereocenters. The molecular formula is C60H46N2. The van der Waals surface area contributed by atoms with E-state index in [4.69, 9.17) is 9.97 Å². The first-order valence-corrected chi connectivity index (χ1v) is 22.7. The minimum absolute atomic E-state index is 0.0999. The third-order valence-electron chi connectivity index (χ3n) is 15.3. The maximum Gasteiger partial charge on any atom is 0.160 e. The van der Waals surface area contributed by atoms with E-state index < -0.39 is 0 Å². The smallest absolute Gasteiger partial charge is 0.160 e. The second-order valence-electron chi connectivity index (χ2n) is 18.5. The maximum absolute atomic E-state index is 5.34. The molecular weight excluding hydrogens is 749 g/mol. The van der Waals surface area contributed by atoms with E-state index >= 15 is 0 Å². The first-order valence-electron chi connectivity index (χ1n) is 22.7. The van der Waals surface area contributed by atoms with Crippen molar-refractivity contribution in [2.45, 2.75) is 37.5 Å². The van der Waals surface area contributed by atoms with Crippen LogP contribution in [-0.2, 0) is 5.41 Å². The van der Waals surface area contributed by atoms with Gasteiger partial charge in [-0.3, -0.25) is 0 Å². The summed E-state index contributed by atoms with van der Waals surface area (Å²) in [7, 11) is 0. The summed E-state index contributed by atoms with van der Waals surface area (Å²) in [6.07, 6.45) is 6.97. The third kappa shape index (κ3) is 5.49. The predicted molar refractivity (Wildman–Crippen MR) is 255 cm³/mol. The molecule has 0 atom stereocenters. The number of benzene rings is 8. The fourth-order valence-electron chi connectivity index (χ4n) is 13.0. The van der Waals surface area contributed by atoms with Crippen molar-refractivity contribution in [1.82, 2.24) is 9.97 Å². The lowest BCUT2D eigenvalue weighted by Crippen LogP contribution is -2.55. The Labute approximate surface area is 364 Å². The molecule has 9 aromatic rings. The quantitative estimate of drug-likeness (QED) is 0.168. The fourth-order valence-corrected chi connectivity index (χ4v) is 13.0. The van der Waals surface area contributed by atoms with Crippen LogP contribution in [0, 0.1) is 23.7 Å². The van der Waals surface area contributed by atoms with Crippen molar-refractivity contribution in [3.05, 3.63) is 205 Å². The zero-order valence-corrected chi connectivity index (χ0v) is 34.7. The van der Waals surface area contributed by atoms with Crippen LogP contribution in [0.4, 0.5) is 0 Å². The molecule has 4 saturated carbocycles. The molecule has 5 aliphatic rings. The molecule has 0 amide bonds. The van der Waals surface area contributed by atoms with Crippen LogP contribution in [0.1, 0.15) is 43.2 Å². The van der Waals surface area contributed by atoms with Crippen molar-refractivity contribution in [2.75, 3.05) is 0 Å². The van der Waals surface area contributed by atoms with Gasteiger partial charge in [0.2, 0.25) is 0 Å². The maximum atomic E-state index is 5.34. The Morgan fingerprint density at radius 3 is 1.47 bits per heavy atom. The molecule has 62 heavy (non-hydrogen) atoms. The van der Waals surface area contributed by atoms with Gasteiger partial charge in [-0.15, -0.1) is 0 Å². The zero-order chi connectivity index (χ0) is 40.8. The highest BCUT2D eigenvalue weighted by Gasteiger charge is 2.61. The highest BCUT2D eigenvalue weighted by molar-refractivity contribution is 6.00. The highest BCUT2D eigenvalue weighted by atomic mass is 14.9. The second-order valence-corrected chi connectivity index (χ2v) is 18.5. The molecule has 0 saturated heterocycles. The summed E-state index contributed by atoms with van der Waals surface area (Å²) in [4.78, 5) is 10.6. The lowest BCUT2D eigenvalue weighted by molar-refractivity contribution is -0.0398. The Morgan fingerprint density at radius 2 is 0.823 bits per heavy atom. The first-order chi connectivity index (χ1) is 30.7. The Balaban J connectivity index is 0.974. The van der Waals surface area contributed by atoms with E-state index in [0.29, 0.717) is 17.7 Å². The number of nitrogens with zero attached hydrogens (tertiary/aromatic N) is 2. The van der Waals surface area contributed by atoms with Gasteiger partial charge in [0.15, 0.2) is 5.82 Å². The monoisotopic (exact) mass is 794 g/mol. The molecule has 296 valence electrons. The molecule has 1 heterocycles. The van der Waals surface area contributed by atoms with E-state index in [0.717, 1.165) is 51.0 Å². The van der Waals surface area contributed by atoms with Crippen LogP contribution in [0.15, 0.2) is 194 Å². The number of fused-ring (bicyclic) bond motifs is 4. The van der Waals surface area contributed by atoms with Gasteiger partial charge >= 0.3 is 0 Å². The highest BCUT2D eigenvalue weighted by Crippen LogP contribution is 2.70. The van der Waals surface area contributed by atoms with Gasteiger partial charge < -0.3 is 0 Å². The van der Waals surface area contributed by atoms with Crippen LogP contribution >= 0.6 is 0 Å². The number of aromatic nitrogens is 2. The van der Waals surface area contributed by atoms with Gasteiger partial charge in [0.1, 0.15) is 0 Å². The molecule has 1 spiro atoms. The van der Waals surface area contributed by atoms with Crippen LogP contribution in [0.5, 0.6) is 0 Å². The van der Waals surface area contributed by atoms with Crippen molar-refractivity contribution >= 4 is 10.8 Å². The predicted octanol–water partition coefficient (Wildman–Crippen LogP) is 15.4. The van der Waals surface area contributed by atoms with Crippen LogP contribution < -0.4 is 0 Å². The minimum Gasteiger partial charge on any atom is -0.228 e. The van der Waals surface area contributed by atoms with Crippen molar-refractivity contribution in [3.63, 3.8) is 0 Å². The topological polar surface area (TPSA) is 25.8 Å². The minimum atomic E-state index is 0.0999. The standard InChI is InChI=1S/C60H46N2/c1-3-15-40(16-4-1)48-23-9-11-25-51(48)56-37-57(62-59(61-56)41-17-5-2-6-18-41)52-26-12-10-24-49(52)44-21-13-22-45(34-44)50-27-14-28-54-58(50)53-35-42-19-7-8-20-43(42)36-55(53)60(54)46-30-38-29-39(32-46)33-47(60)31-38/h1-28,34-39,46-47H,29-33H2. The normalized spacial score (nSPS) is 21.6.